The Morgan fingerprint density at radius 1 is 1.07 bits per heavy atom. The highest BCUT2D eigenvalue weighted by Gasteiger charge is 2.36. The van der Waals surface area contributed by atoms with Crippen molar-refractivity contribution < 1.29 is 35.5 Å². The number of hydrogen-bond acceptors (Lipinski definition) is 8. The van der Waals surface area contributed by atoms with Gasteiger partial charge in [-0.2, -0.15) is 27.1 Å². The van der Waals surface area contributed by atoms with Gasteiger partial charge in [-0.3, -0.25) is 9.59 Å². The maximum atomic E-state index is 14.7. The number of halogens is 8. The number of aromatic nitrogens is 5. The van der Waals surface area contributed by atoms with E-state index in [9.17, 15) is 40.3 Å². The van der Waals surface area contributed by atoms with Crippen molar-refractivity contribution in [3.05, 3.63) is 73.7 Å². The van der Waals surface area contributed by atoms with E-state index in [1.807, 2.05) is 0 Å². The van der Waals surface area contributed by atoms with Crippen molar-refractivity contribution in [2.45, 2.75) is 38.6 Å². The number of rotatable bonds is 8. The van der Waals surface area contributed by atoms with Gasteiger partial charge in [-0.25, -0.2) is 23.8 Å². The number of nitrogen functional groups attached to an aromatic ring is 2. The number of fused-ring (bicyclic) bond motifs is 1. The molecule has 0 spiro atoms. The molecule has 0 aliphatic carbocycles. The molecule has 0 fully saturated rings. The molecular formula is C24H21ClF7N7O3. The summed E-state index contributed by atoms with van der Waals surface area (Å²) in [6, 6.07) is 2.74. The van der Waals surface area contributed by atoms with E-state index in [1.165, 1.54) is 29.1 Å². The van der Waals surface area contributed by atoms with Crippen molar-refractivity contribution in [1.82, 2.24) is 24.7 Å². The van der Waals surface area contributed by atoms with Crippen molar-refractivity contribution in [1.29, 1.82) is 0 Å². The summed E-state index contributed by atoms with van der Waals surface area (Å²) >= 11 is 5.75. The van der Waals surface area contributed by atoms with Gasteiger partial charge in [0.25, 0.3) is 11.1 Å². The summed E-state index contributed by atoms with van der Waals surface area (Å²) in [7, 11) is 0. The number of aromatic amines is 1. The molecule has 0 atom stereocenters. The zero-order valence-corrected chi connectivity index (χ0v) is 21.9. The summed E-state index contributed by atoms with van der Waals surface area (Å²) in [6.07, 6.45) is 0.0398. The van der Waals surface area contributed by atoms with Crippen LogP contribution in [0.3, 0.4) is 0 Å². The highest BCUT2D eigenvalue weighted by molar-refractivity contribution is 6.32. The molecule has 0 saturated heterocycles. The van der Waals surface area contributed by atoms with E-state index < -0.39 is 52.2 Å². The maximum Gasteiger partial charge on any atom is 0.423 e. The number of benzene rings is 1. The molecule has 226 valence electrons. The Balaban J connectivity index is 0.000000337. The molecule has 0 aliphatic heterocycles. The summed E-state index contributed by atoms with van der Waals surface area (Å²) in [6.45, 7) is -2.68. The predicted octanol–water partition coefficient (Wildman–Crippen LogP) is 4.75. The highest BCUT2D eigenvalue weighted by atomic mass is 35.5. The van der Waals surface area contributed by atoms with Crippen LogP contribution in [0.25, 0.3) is 22.2 Å². The van der Waals surface area contributed by atoms with Gasteiger partial charge in [0.05, 0.1) is 35.6 Å². The monoisotopic (exact) mass is 623 g/mol. The summed E-state index contributed by atoms with van der Waals surface area (Å²) in [5.74, 6) is -2.84. The molecule has 1 aromatic carbocycles. The summed E-state index contributed by atoms with van der Waals surface area (Å²) in [4.78, 5) is 30.9. The fraction of sp³-hybridized carbons (Fsp3) is 0.292. The van der Waals surface area contributed by atoms with E-state index in [2.05, 4.69) is 19.8 Å². The number of anilines is 2. The zero-order chi connectivity index (χ0) is 31.2. The van der Waals surface area contributed by atoms with Gasteiger partial charge in [-0.1, -0.05) is 11.6 Å². The Morgan fingerprint density at radius 2 is 1.79 bits per heavy atom. The van der Waals surface area contributed by atoms with Crippen LogP contribution in [0, 0.1) is 11.6 Å². The minimum Gasteiger partial charge on any atom is -0.397 e. The van der Waals surface area contributed by atoms with E-state index in [0.29, 0.717) is 19.3 Å². The van der Waals surface area contributed by atoms with Gasteiger partial charge in [-0.15, -0.1) is 0 Å². The number of H-pyrrole nitrogens is 1. The largest absolute Gasteiger partial charge is 0.423 e. The Hall–Kier alpha value is -4.25. The molecule has 5 N–H and O–H groups in total. The molecule has 0 amide bonds. The van der Waals surface area contributed by atoms with Crippen molar-refractivity contribution in [2.75, 3.05) is 18.1 Å². The topological polar surface area (TPSA) is 155 Å². The van der Waals surface area contributed by atoms with Gasteiger partial charge in [0.1, 0.15) is 16.4 Å². The Morgan fingerprint density at radius 3 is 2.38 bits per heavy atom. The summed E-state index contributed by atoms with van der Waals surface area (Å²) in [5, 5.41) is 4.58. The number of nitrogens with zero attached hydrogens (tertiary/aromatic N) is 4. The smallest absolute Gasteiger partial charge is 0.397 e. The Bertz CT molecular complexity index is 1680. The van der Waals surface area contributed by atoms with Crippen LogP contribution in [-0.4, -0.2) is 38.0 Å². The van der Waals surface area contributed by atoms with E-state index in [-0.39, 0.29) is 40.8 Å². The number of ether oxygens (including phenoxy) is 1. The second kappa shape index (κ2) is 13.6. The van der Waals surface area contributed by atoms with E-state index in [4.69, 9.17) is 23.1 Å². The van der Waals surface area contributed by atoms with Crippen LogP contribution in [0.5, 0.6) is 0 Å². The molecule has 0 saturated carbocycles. The fourth-order valence-electron chi connectivity index (χ4n) is 3.66. The molecule has 0 aliphatic rings. The van der Waals surface area contributed by atoms with Crippen LogP contribution in [0.15, 0.2) is 40.3 Å². The zero-order valence-electron chi connectivity index (χ0n) is 21.2. The molecule has 3 heterocycles. The van der Waals surface area contributed by atoms with Crippen LogP contribution >= 0.6 is 11.6 Å². The number of hydrogen-bond donors (Lipinski definition) is 3. The molecule has 42 heavy (non-hydrogen) atoms. The van der Waals surface area contributed by atoms with Crippen LogP contribution in [0.4, 0.5) is 42.2 Å². The number of unbranched alkanes of at least 4 members (excludes halogenated alkanes) is 2. The number of nitrogens with two attached hydrogens (primary N) is 2. The second-order valence-corrected chi connectivity index (χ2v) is 8.88. The molecule has 10 nitrogen and oxygen atoms in total. The molecule has 18 heteroatoms. The van der Waals surface area contributed by atoms with Crippen LogP contribution in [-0.2, 0) is 17.5 Å². The van der Waals surface area contributed by atoms with Crippen molar-refractivity contribution in [2.24, 2.45) is 0 Å². The first-order valence-corrected chi connectivity index (χ1v) is 12.2. The molecule has 4 aromatic rings. The van der Waals surface area contributed by atoms with E-state index in [1.54, 1.807) is 5.10 Å². The van der Waals surface area contributed by atoms with Crippen LogP contribution in [0.1, 0.15) is 24.8 Å². The van der Waals surface area contributed by atoms with E-state index >= 15 is 0 Å². The van der Waals surface area contributed by atoms with Crippen LogP contribution in [0.2, 0.25) is 5.02 Å². The lowest BCUT2D eigenvalue weighted by Gasteiger charge is -2.11. The average Bonchev–Trinajstić information content (AvgIpc) is 2.90. The van der Waals surface area contributed by atoms with E-state index in [0.717, 1.165) is 6.20 Å². The van der Waals surface area contributed by atoms with Crippen molar-refractivity contribution >= 4 is 33.9 Å². The lowest BCUT2D eigenvalue weighted by Crippen LogP contribution is -2.24. The number of nitrogens with one attached hydrogen (secondary N) is 1. The lowest BCUT2D eigenvalue weighted by atomic mass is 10.1. The summed E-state index contributed by atoms with van der Waals surface area (Å²) in [5.41, 5.74) is 6.14. The van der Waals surface area contributed by atoms with Crippen LogP contribution < -0.4 is 22.6 Å². The molecule has 4 rings (SSSR count). The van der Waals surface area contributed by atoms with Gasteiger partial charge in [0.2, 0.25) is 0 Å². The highest BCUT2D eigenvalue weighted by Crippen LogP contribution is 2.30. The third kappa shape index (κ3) is 7.73. The molecule has 0 bridgehead atoms. The maximum absolute atomic E-state index is 14.7. The van der Waals surface area contributed by atoms with Gasteiger partial charge in [-0.05, 0) is 36.8 Å². The first kappa shape index (κ1) is 32.3. The summed E-state index contributed by atoms with van der Waals surface area (Å²) < 4.78 is 94.5. The molecule has 0 radical (unpaired) electrons. The minimum atomic E-state index is -4.74. The standard InChI is InChI=1S/C19H17ClF4N4O2.C5H4F3N3O/c20-12-9-26-17(27-16(12)25)11-8-10-4-6-28(5-2-1-3-7-30-19(23)24)18(29)13(10)15(22)14(11)21;6-5(7,8)3-2(9)1-10-11-4(3)12/h4,6,8-9,19H,1-3,5,7H2,(H2,25,26,27);1H,(H3,9,11,12). The van der Waals surface area contributed by atoms with Crippen molar-refractivity contribution in [3.8, 4) is 11.4 Å². The average molecular weight is 624 g/mol. The number of aryl methyl sites for hydroxylation is 1. The quantitative estimate of drug-likeness (QED) is 0.188. The molecular weight excluding hydrogens is 603 g/mol. The lowest BCUT2D eigenvalue weighted by molar-refractivity contribution is -0.138. The van der Waals surface area contributed by atoms with Gasteiger partial charge >= 0.3 is 12.8 Å². The fourth-order valence-corrected chi connectivity index (χ4v) is 3.75. The van der Waals surface area contributed by atoms with Gasteiger partial charge in [0.15, 0.2) is 17.5 Å². The third-order valence-corrected chi connectivity index (χ3v) is 5.91. The Labute approximate surface area is 236 Å². The first-order chi connectivity index (χ1) is 19.7. The Kier molecular flexibility index (Phi) is 10.5. The third-order valence-electron chi connectivity index (χ3n) is 5.61. The van der Waals surface area contributed by atoms with Gasteiger partial charge in [0, 0.05) is 12.7 Å². The number of pyridine rings is 1. The SMILES string of the molecule is Nc1cn[nH]c(=O)c1C(F)(F)F.Nc1nc(-c2cc3ccn(CCCCCOC(F)F)c(=O)c3c(F)c2F)ncc1Cl. The normalized spacial score (nSPS) is 11.5. The molecule has 3 aromatic heterocycles. The second-order valence-electron chi connectivity index (χ2n) is 8.48. The number of alkyl halides is 5. The minimum absolute atomic E-state index is 0.0732. The molecule has 0 unspecified atom stereocenters. The van der Waals surface area contributed by atoms with Crippen molar-refractivity contribution in [3.63, 3.8) is 0 Å². The first-order valence-electron chi connectivity index (χ1n) is 11.8. The predicted molar refractivity (Wildman–Crippen MR) is 139 cm³/mol. The van der Waals surface area contributed by atoms with Gasteiger partial charge < -0.3 is 20.8 Å².